The van der Waals surface area contributed by atoms with E-state index in [2.05, 4.69) is 5.32 Å². The molecule has 0 unspecified atom stereocenters. The van der Waals surface area contributed by atoms with Crippen molar-refractivity contribution in [2.45, 2.75) is 6.42 Å². The van der Waals surface area contributed by atoms with Crippen molar-refractivity contribution in [1.82, 2.24) is 5.32 Å². The molecule has 6 heteroatoms. The van der Waals surface area contributed by atoms with Gasteiger partial charge >= 0.3 is 0 Å². The predicted octanol–water partition coefficient (Wildman–Crippen LogP) is 1.47. The summed E-state index contributed by atoms with van der Waals surface area (Å²) in [5, 5.41) is 2.44. The van der Waals surface area contributed by atoms with Crippen molar-refractivity contribution in [3.63, 3.8) is 0 Å². The molecule has 0 atom stereocenters. The number of hydrogen-bond donors (Lipinski definition) is 2. The van der Waals surface area contributed by atoms with Gasteiger partial charge in [-0.3, -0.25) is 4.79 Å². The van der Waals surface area contributed by atoms with E-state index in [0.29, 0.717) is 19.5 Å². The Morgan fingerprint density at radius 3 is 2.69 bits per heavy atom. The van der Waals surface area contributed by atoms with Gasteiger partial charge in [0, 0.05) is 6.54 Å². The monoisotopic (exact) mass is 250 g/mol. The highest BCUT2D eigenvalue weighted by molar-refractivity contribution is 5.94. The predicted molar refractivity (Wildman–Crippen MR) is 59.6 cm³/mol. The topological polar surface area (TPSA) is 55.1 Å². The average molecular weight is 251 g/mol. The largest absolute Gasteiger partial charge is 0.352 e. The maximum atomic E-state index is 13.1. The number of carbonyl (C=O) groups excluding carboxylic acids is 1. The lowest BCUT2D eigenvalue weighted by Crippen LogP contribution is -2.26. The Balaban J connectivity index is 0.00000225. The zero-order valence-electron chi connectivity index (χ0n) is 8.50. The highest BCUT2D eigenvalue weighted by Gasteiger charge is 2.11. The smallest absolute Gasteiger partial charge is 0.254 e. The van der Waals surface area contributed by atoms with Crippen LogP contribution in [0.3, 0.4) is 0 Å². The minimum Gasteiger partial charge on any atom is -0.352 e. The van der Waals surface area contributed by atoms with Crippen LogP contribution < -0.4 is 11.1 Å². The molecule has 0 bridgehead atoms. The Bertz CT molecular complexity index is 361. The molecule has 90 valence electrons. The van der Waals surface area contributed by atoms with Crippen LogP contribution in [0.25, 0.3) is 0 Å². The molecule has 0 aliphatic rings. The van der Waals surface area contributed by atoms with Gasteiger partial charge in [0.05, 0.1) is 5.56 Å². The molecule has 3 N–H and O–H groups in total. The van der Waals surface area contributed by atoms with Gasteiger partial charge in [-0.25, -0.2) is 8.78 Å². The van der Waals surface area contributed by atoms with Crippen LogP contribution in [0.1, 0.15) is 16.8 Å². The fraction of sp³-hybridized carbons (Fsp3) is 0.300. The summed E-state index contributed by atoms with van der Waals surface area (Å²) < 4.78 is 25.8. The highest BCUT2D eigenvalue weighted by Crippen LogP contribution is 2.09. The molecule has 1 amide bonds. The van der Waals surface area contributed by atoms with Crippen molar-refractivity contribution < 1.29 is 13.6 Å². The van der Waals surface area contributed by atoms with E-state index in [1.165, 1.54) is 0 Å². The van der Waals surface area contributed by atoms with E-state index in [-0.39, 0.29) is 18.0 Å². The van der Waals surface area contributed by atoms with Crippen molar-refractivity contribution in [3.05, 3.63) is 35.4 Å². The molecule has 0 fully saturated rings. The first kappa shape index (κ1) is 14.8. The number of hydrogen-bond acceptors (Lipinski definition) is 2. The molecule has 0 aliphatic carbocycles. The number of amides is 1. The van der Waals surface area contributed by atoms with Crippen molar-refractivity contribution in [1.29, 1.82) is 0 Å². The second-order valence-electron chi connectivity index (χ2n) is 3.02. The van der Waals surface area contributed by atoms with Gasteiger partial charge in [0.2, 0.25) is 0 Å². The second kappa shape index (κ2) is 7.14. The third-order valence-electron chi connectivity index (χ3n) is 1.84. The first-order valence-corrected chi connectivity index (χ1v) is 4.58. The zero-order chi connectivity index (χ0) is 11.3. The molecule has 0 aromatic heterocycles. The highest BCUT2D eigenvalue weighted by atomic mass is 35.5. The van der Waals surface area contributed by atoms with Crippen molar-refractivity contribution >= 4 is 18.3 Å². The molecule has 3 nitrogen and oxygen atoms in total. The van der Waals surface area contributed by atoms with Crippen LogP contribution in [0, 0.1) is 11.6 Å². The van der Waals surface area contributed by atoms with Crippen LogP contribution in [0.5, 0.6) is 0 Å². The van der Waals surface area contributed by atoms with Gasteiger partial charge in [-0.15, -0.1) is 12.4 Å². The Morgan fingerprint density at radius 1 is 1.38 bits per heavy atom. The molecule has 0 radical (unpaired) electrons. The summed E-state index contributed by atoms with van der Waals surface area (Å²) in [7, 11) is 0. The standard InChI is InChI=1S/C10H12F2N2O.ClH/c11-7-2-3-9(12)8(6-7)10(15)14-5-1-4-13;/h2-3,6H,1,4-5,13H2,(H,14,15);1H. The number of carbonyl (C=O) groups is 1. The number of nitrogens with one attached hydrogen (secondary N) is 1. The van der Waals surface area contributed by atoms with Crippen molar-refractivity contribution in [3.8, 4) is 0 Å². The third-order valence-corrected chi connectivity index (χ3v) is 1.84. The van der Waals surface area contributed by atoms with Gasteiger partial charge in [0.25, 0.3) is 5.91 Å². The maximum absolute atomic E-state index is 13.1. The molecule has 0 saturated heterocycles. The Morgan fingerprint density at radius 2 is 2.06 bits per heavy atom. The SMILES string of the molecule is Cl.NCCCNC(=O)c1cc(F)ccc1F. The van der Waals surface area contributed by atoms with Gasteiger partial charge in [0.1, 0.15) is 11.6 Å². The lowest BCUT2D eigenvalue weighted by atomic mass is 10.2. The van der Waals surface area contributed by atoms with E-state index in [9.17, 15) is 13.6 Å². The minimum atomic E-state index is -0.735. The van der Waals surface area contributed by atoms with E-state index in [1.54, 1.807) is 0 Å². The molecular formula is C10H13ClF2N2O. The fourth-order valence-electron chi connectivity index (χ4n) is 1.07. The summed E-state index contributed by atoms with van der Waals surface area (Å²) in [6.07, 6.45) is 0.600. The Labute approximate surface area is 98.4 Å². The summed E-state index contributed by atoms with van der Waals surface area (Å²) in [6, 6.07) is 2.76. The average Bonchev–Trinajstić information content (AvgIpc) is 2.22. The molecule has 0 aliphatic heterocycles. The van der Waals surface area contributed by atoms with Gasteiger partial charge < -0.3 is 11.1 Å². The molecule has 1 rings (SSSR count). The summed E-state index contributed by atoms with van der Waals surface area (Å²) in [6.45, 7) is 0.789. The van der Waals surface area contributed by atoms with Crippen molar-refractivity contribution in [2.24, 2.45) is 5.73 Å². The summed E-state index contributed by atoms with van der Waals surface area (Å²) in [4.78, 5) is 11.3. The van der Waals surface area contributed by atoms with E-state index >= 15 is 0 Å². The van der Waals surface area contributed by atoms with Crippen LogP contribution in [0.15, 0.2) is 18.2 Å². The number of nitrogens with two attached hydrogens (primary N) is 1. The normalized spacial score (nSPS) is 9.44. The minimum absolute atomic E-state index is 0. The molecule has 1 aromatic carbocycles. The van der Waals surface area contributed by atoms with Gasteiger partial charge in [-0.1, -0.05) is 0 Å². The van der Waals surface area contributed by atoms with E-state index < -0.39 is 17.5 Å². The van der Waals surface area contributed by atoms with Crippen LogP contribution >= 0.6 is 12.4 Å². The quantitative estimate of drug-likeness (QED) is 0.795. The first-order chi connectivity index (χ1) is 7.15. The summed E-state index contributed by atoms with van der Waals surface area (Å²) in [5.74, 6) is -2.00. The van der Waals surface area contributed by atoms with Crippen LogP contribution in [0.4, 0.5) is 8.78 Å². The molecule has 16 heavy (non-hydrogen) atoms. The van der Waals surface area contributed by atoms with E-state index in [1.807, 2.05) is 0 Å². The Hall–Kier alpha value is -1.20. The first-order valence-electron chi connectivity index (χ1n) is 4.58. The van der Waals surface area contributed by atoms with E-state index in [0.717, 1.165) is 18.2 Å². The fourth-order valence-corrected chi connectivity index (χ4v) is 1.07. The molecule has 1 aromatic rings. The number of rotatable bonds is 4. The van der Waals surface area contributed by atoms with Gasteiger partial charge in [-0.2, -0.15) is 0 Å². The van der Waals surface area contributed by atoms with Gasteiger partial charge in [0.15, 0.2) is 0 Å². The second-order valence-corrected chi connectivity index (χ2v) is 3.02. The summed E-state index contributed by atoms with van der Waals surface area (Å²) >= 11 is 0. The summed E-state index contributed by atoms with van der Waals surface area (Å²) in [5.41, 5.74) is 4.94. The molecule has 0 spiro atoms. The Kier molecular flexibility index (Phi) is 6.60. The van der Waals surface area contributed by atoms with Crippen LogP contribution in [-0.2, 0) is 0 Å². The van der Waals surface area contributed by atoms with Crippen LogP contribution in [-0.4, -0.2) is 19.0 Å². The lowest BCUT2D eigenvalue weighted by molar-refractivity contribution is 0.0949. The maximum Gasteiger partial charge on any atom is 0.254 e. The van der Waals surface area contributed by atoms with Crippen LogP contribution in [0.2, 0.25) is 0 Å². The lowest BCUT2D eigenvalue weighted by Gasteiger charge is -2.05. The molecule has 0 heterocycles. The molecular weight excluding hydrogens is 238 g/mol. The van der Waals surface area contributed by atoms with Gasteiger partial charge in [-0.05, 0) is 31.2 Å². The number of benzene rings is 1. The number of halogens is 3. The van der Waals surface area contributed by atoms with Crippen molar-refractivity contribution in [2.75, 3.05) is 13.1 Å². The molecule has 0 saturated carbocycles. The van der Waals surface area contributed by atoms with E-state index in [4.69, 9.17) is 5.73 Å². The third kappa shape index (κ3) is 4.12. The zero-order valence-corrected chi connectivity index (χ0v) is 9.32.